The Morgan fingerprint density at radius 3 is 2.34 bits per heavy atom. The van der Waals surface area contributed by atoms with Crippen LogP contribution in [0.3, 0.4) is 0 Å². The summed E-state index contributed by atoms with van der Waals surface area (Å²) in [4.78, 5) is 14.5. The van der Waals surface area contributed by atoms with E-state index in [0.29, 0.717) is 22.5 Å². The molecule has 2 fully saturated rings. The Labute approximate surface area is 184 Å². The molecule has 1 heterocycles. The first-order chi connectivity index (χ1) is 13.5. The van der Waals surface area contributed by atoms with Gasteiger partial charge in [-0.25, -0.2) is 4.79 Å². The van der Waals surface area contributed by atoms with Crippen LogP contribution in [0.1, 0.15) is 65.4 Å². The Bertz CT molecular complexity index is 751. The van der Waals surface area contributed by atoms with Crippen LogP contribution >= 0.6 is 23.2 Å². The predicted octanol–water partition coefficient (Wildman–Crippen LogP) is 6.47. The summed E-state index contributed by atoms with van der Waals surface area (Å²) in [6.07, 6.45) is 4.70. The summed E-state index contributed by atoms with van der Waals surface area (Å²) in [5, 5.41) is 1.16. The minimum absolute atomic E-state index is 0.0387. The normalized spacial score (nSPS) is 30.4. The topological polar surface area (TPSA) is 38.8 Å². The van der Waals surface area contributed by atoms with Gasteiger partial charge in [0, 0.05) is 25.6 Å². The number of carbonyl (C=O) groups is 1. The van der Waals surface area contributed by atoms with E-state index < -0.39 is 5.60 Å². The van der Waals surface area contributed by atoms with Gasteiger partial charge in [-0.1, -0.05) is 29.3 Å². The first kappa shape index (κ1) is 22.7. The van der Waals surface area contributed by atoms with Gasteiger partial charge in [0.1, 0.15) is 5.60 Å². The second-order valence-corrected chi connectivity index (χ2v) is 10.7. The Morgan fingerprint density at radius 1 is 1.14 bits per heavy atom. The maximum atomic E-state index is 12.6. The van der Waals surface area contributed by atoms with Crippen LogP contribution in [0.4, 0.5) is 4.79 Å². The second kappa shape index (κ2) is 8.28. The highest BCUT2D eigenvalue weighted by Crippen LogP contribution is 2.52. The van der Waals surface area contributed by atoms with Crippen LogP contribution in [0, 0.1) is 5.92 Å². The van der Waals surface area contributed by atoms with Gasteiger partial charge in [0.25, 0.3) is 0 Å². The van der Waals surface area contributed by atoms with E-state index in [1.54, 1.807) is 7.11 Å². The lowest BCUT2D eigenvalue weighted by Crippen LogP contribution is -2.46. The highest BCUT2D eigenvalue weighted by molar-refractivity contribution is 6.42. The van der Waals surface area contributed by atoms with Crippen molar-refractivity contribution >= 4 is 29.3 Å². The third-order valence-corrected chi connectivity index (χ3v) is 7.55. The SMILES string of the molecule is CO[C@]1(C)CC[C@](c2ccc(Cl)c(Cl)c2)([C@H]2CCN(C(=O)OC(C)(C)C)C2)CC1. The smallest absolute Gasteiger partial charge is 0.410 e. The quantitative estimate of drug-likeness (QED) is 0.539. The summed E-state index contributed by atoms with van der Waals surface area (Å²) in [6.45, 7) is 9.34. The van der Waals surface area contributed by atoms with E-state index in [1.165, 1.54) is 5.56 Å². The number of carbonyl (C=O) groups excluding carboxylic acids is 1. The maximum absolute atomic E-state index is 12.6. The molecule has 0 aromatic heterocycles. The Hall–Kier alpha value is -0.970. The van der Waals surface area contributed by atoms with Gasteiger partial charge < -0.3 is 14.4 Å². The summed E-state index contributed by atoms with van der Waals surface area (Å²) >= 11 is 12.6. The van der Waals surface area contributed by atoms with Crippen LogP contribution in [0.15, 0.2) is 18.2 Å². The molecule has 1 aliphatic heterocycles. The number of ether oxygens (including phenoxy) is 2. The average Bonchev–Trinajstić information content (AvgIpc) is 3.14. The van der Waals surface area contributed by atoms with Gasteiger partial charge in [0.05, 0.1) is 15.6 Å². The van der Waals surface area contributed by atoms with Crippen molar-refractivity contribution < 1.29 is 14.3 Å². The molecule has 1 aromatic rings. The third-order valence-electron chi connectivity index (χ3n) is 6.81. The molecule has 0 unspecified atom stereocenters. The fourth-order valence-corrected chi connectivity index (χ4v) is 5.17. The molecule has 162 valence electrons. The van der Waals surface area contributed by atoms with Gasteiger partial charge in [0.15, 0.2) is 0 Å². The molecule has 2 aliphatic rings. The zero-order valence-electron chi connectivity index (χ0n) is 18.2. The Morgan fingerprint density at radius 2 is 1.79 bits per heavy atom. The standard InChI is InChI=1S/C23H33Cl2NO3/c1-21(2,3)29-20(27)26-13-8-17(15-26)23(11-9-22(4,28-5)10-12-23)16-6-7-18(24)19(25)14-16/h6-7,14,17H,8-13,15H2,1-5H3/t17-,22-,23+/m0/s1. The van der Waals surface area contributed by atoms with Gasteiger partial charge in [-0.15, -0.1) is 0 Å². The van der Waals surface area contributed by atoms with E-state index in [-0.39, 0.29) is 17.1 Å². The number of methoxy groups -OCH3 is 1. The fourth-order valence-electron chi connectivity index (χ4n) is 4.87. The molecule has 4 nitrogen and oxygen atoms in total. The Balaban J connectivity index is 1.87. The summed E-state index contributed by atoms with van der Waals surface area (Å²) < 4.78 is 11.4. The molecule has 29 heavy (non-hydrogen) atoms. The highest BCUT2D eigenvalue weighted by Gasteiger charge is 2.49. The molecular weight excluding hydrogens is 409 g/mol. The van der Waals surface area contributed by atoms with Crippen LogP contribution in [0.2, 0.25) is 10.0 Å². The summed E-state index contributed by atoms with van der Waals surface area (Å²) in [5.74, 6) is 0.355. The summed E-state index contributed by atoms with van der Waals surface area (Å²) in [6, 6.07) is 6.03. The Kier molecular flexibility index (Phi) is 6.48. The van der Waals surface area contributed by atoms with Crippen LogP contribution in [-0.4, -0.2) is 42.4 Å². The van der Waals surface area contributed by atoms with E-state index in [1.807, 2.05) is 37.8 Å². The molecule has 1 aliphatic carbocycles. The van der Waals surface area contributed by atoms with E-state index >= 15 is 0 Å². The van der Waals surface area contributed by atoms with Crippen LogP contribution in [0.25, 0.3) is 0 Å². The van der Waals surface area contributed by atoms with Crippen molar-refractivity contribution in [2.75, 3.05) is 20.2 Å². The lowest BCUT2D eigenvalue weighted by molar-refractivity contribution is -0.0474. The third kappa shape index (κ3) is 4.86. The zero-order chi connectivity index (χ0) is 21.4. The first-order valence-corrected chi connectivity index (χ1v) is 11.2. The van der Waals surface area contributed by atoms with Gasteiger partial charge in [-0.2, -0.15) is 0 Å². The minimum atomic E-state index is -0.484. The van der Waals surface area contributed by atoms with Crippen LogP contribution in [0.5, 0.6) is 0 Å². The minimum Gasteiger partial charge on any atom is -0.444 e. The lowest BCUT2D eigenvalue weighted by Gasteiger charge is -2.48. The molecule has 1 amide bonds. The van der Waals surface area contributed by atoms with Gasteiger partial charge in [-0.05, 0) is 83.4 Å². The number of amides is 1. The van der Waals surface area contributed by atoms with E-state index in [4.69, 9.17) is 32.7 Å². The number of hydrogen-bond acceptors (Lipinski definition) is 3. The first-order valence-electron chi connectivity index (χ1n) is 10.5. The highest BCUT2D eigenvalue weighted by atomic mass is 35.5. The molecule has 6 heteroatoms. The van der Waals surface area contributed by atoms with Crippen LogP contribution < -0.4 is 0 Å². The number of benzene rings is 1. The fraction of sp³-hybridized carbons (Fsp3) is 0.696. The van der Waals surface area contributed by atoms with Crippen molar-refractivity contribution in [1.82, 2.24) is 4.90 Å². The predicted molar refractivity (Wildman–Crippen MR) is 118 cm³/mol. The average molecular weight is 442 g/mol. The van der Waals surface area contributed by atoms with Crippen molar-refractivity contribution in [3.05, 3.63) is 33.8 Å². The molecular formula is C23H33Cl2NO3. The maximum Gasteiger partial charge on any atom is 0.410 e. The molecule has 0 bridgehead atoms. The van der Waals surface area contributed by atoms with E-state index in [9.17, 15) is 4.79 Å². The second-order valence-electron chi connectivity index (χ2n) is 9.85. The largest absolute Gasteiger partial charge is 0.444 e. The molecule has 1 saturated carbocycles. The summed E-state index contributed by atoms with van der Waals surface area (Å²) in [7, 11) is 1.80. The molecule has 0 N–H and O–H groups in total. The molecule has 1 saturated heterocycles. The van der Waals surface area contributed by atoms with Gasteiger partial charge >= 0.3 is 6.09 Å². The van der Waals surface area contributed by atoms with Gasteiger partial charge in [-0.3, -0.25) is 0 Å². The zero-order valence-corrected chi connectivity index (χ0v) is 19.7. The van der Waals surface area contributed by atoms with Crippen molar-refractivity contribution in [2.45, 2.75) is 76.4 Å². The molecule has 1 atom stereocenters. The van der Waals surface area contributed by atoms with Crippen molar-refractivity contribution in [3.8, 4) is 0 Å². The van der Waals surface area contributed by atoms with E-state index in [2.05, 4.69) is 13.0 Å². The molecule has 0 radical (unpaired) electrons. The molecule has 1 aromatic carbocycles. The summed E-state index contributed by atoms with van der Waals surface area (Å²) in [5.41, 5.74) is 0.606. The number of rotatable bonds is 3. The van der Waals surface area contributed by atoms with Crippen molar-refractivity contribution in [3.63, 3.8) is 0 Å². The van der Waals surface area contributed by atoms with Crippen LogP contribution in [-0.2, 0) is 14.9 Å². The lowest BCUT2D eigenvalue weighted by atomic mass is 9.59. The number of nitrogens with zero attached hydrogens (tertiary/aromatic N) is 1. The number of hydrogen-bond donors (Lipinski definition) is 0. The van der Waals surface area contributed by atoms with Crippen molar-refractivity contribution in [1.29, 1.82) is 0 Å². The number of likely N-dealkylation sites (tertiary alicyclic amines) is 1. The van der Waals surface area contributed by atoms with Gasteiger partial charge in [0.2, 0.25) is 0 Å². The number of halogens is 2. The van der Waals surface area contributed by atoms with E-state index in [0.717, 1.165) is 38.6 Å². The monoisotopic (exact) mass is 441 g/mol. The van der Waals surface area contributed by atoms with Crippen molar-refractivity contribution in [2.24, 2.45) is 5.92 Å². The molecule has 3 rings (SSSR count). The molecule has 0 spiro atoms.